The van der Waals surface area contributed by atoms with E-state index in [4.69, 9.17) is 5.11 Å². The molecule has 1 amide bonds. The zero-order chi connectivity index (χ0) is 13.0. The molecule has 0 radical (unpaired) electrons. The molecule has 0 aliphatic rings. The van der Waals surface area contributed by atoms with Crippen molar-refractivity contribution in [2.45, 2.75) is 0 Å². The van der Waals surface area contributed by atoms with Gasteiger partial charge in [0.1, 0.15) is 0 Å². The number of rotatable bonds is 4. The number of nitrogens with one attached hydrogen (secondary N) is 2. The number of imidazole rings is 1. The Hall–Kier alpha value is -2.41. The molecule has 0 atom stereocenters. The Morgan fingerprint density at radius 3 is 3.00 bits per heavy atom. The van der Waals surface area contributed by atoms with Gasteiger partial charge in [-0.25, -0.2) is 9.78 Å². The van der Waals surface area contributed by atoms with Crippen LogP contribution in [-0.4, -0.2) is 27.0 Å². The lowest BCUT2D eigenvalue weighted by molar-refractivity contribution is -0.131. The maximum absolute atomic E-state index is 11.9. The number of thiophene rings is 1. The van der Waals surface area contributed by atoms with E-state index in [0.717, 1.165) is 6.08 Å². The van der Waals surface area contributed by atoms with Crippen LogP contribution in [0.4, 0.5) is 5.95 Å². The van der Waals surface area contributed by atoms with E-state index in [1.807, 2.05) is 0 Å². The van der Waals surface area contributed by atoms with Gasteiger partial charge in [-0.3, -0.25) is 10.1 Å². The van der Waals surface area contributed by atoms with E-state index >= 15 is 0 Å². The molecule has 0 fully saturated rings. The number of anilines is 1. The van der Waals surface area contributed by atoms with Gasteiger partial charge in [-0.2, -0.15) is 0 Å². The van der Waals surface area contributed by atoms with Gasteiger partial charge in [-0.05, 0) is 23.1 Å². The molecule has 7 heteroatoms. The van der Waals surface area contributed by atoms with Gasteiger partial charge in [0, 0.05) is 18.5 Å². The van der Waals surface area contributed by atoms with E-state index in [9.17, 15) is 9.59 Å². The molecule has 3 N–H and O–H groups in total. The van der Waals surface area contributed by atoms with Crippen molar-refractivity contribution >= 4 is 35.2 Å². The van der Waals surface area contributed by atoms with Crippen LogP contribution in [0.15, 0.2) is 29.9 Å². The van der Waals surface area contributed by atoms with E-state index in [1.165, 1.54) is 23.6 Å². The van der Waals surface area contributed by atoms with Gasteiger partial charge in [0.15, 0.2) is 0 Å². The maximum atomic E-state index is 11.9. The van der Waals surface area contributed by atoms with Crippen molar-refractivity contribution in [3.63, 3.8) is 0 Å². The second kappa shape index (κ2) is 5.28. The van der Waals surface area contributed by atoms with Crippen LogP contribution in [0.5, 0.6) is 0 Å². The molecule has 0 saturated carbocycles. The minimum atomic E-state index is -1.06. The quantitative estimate of drug-likeness (QED) is 0.733. The van der Waals surface area contributed by atoms with Crippen molar-refractivity contribution in [3.05, 3.63) is 40.4 Å². The molecule has 18 heavy (non-hydrogen) atoms. The second-order valence-corrected chi connectivity index (χ2v) is 4.18. The van der Waals surface area contributed by atoms with Crippen LogP contribution in [0, 0.1) is 0 Å². The highest BCUT2D eigenvalue weighted by Gasteiger charge is 2.12. The Kier molecular flexibility index (Phi) is 3.54. The first-order chi connectivity index (χ1) is 8.66. The monoisotopic (exact) mass is 263 g/mol. The Morgan fingerprint density at radius 2 is 2.33 bits per heavy atom. The summed E-state index contributed by atoms with van der Waals surface area (Å²) >= 11 is 1.23. The first kappa shape index (κ1) is 12.1. The molecule has 92 valence electrons. The van der Waals surface area contributed by atoms with Crippen molar-refractivity contribution in [2.75, 3.05) is 5.32 Å². The summed E-state index contributed by atoms with van der Waals surface area (Å²) in [5.74, 6) is -1.04. The predicted molar refractivity (Wildman–Crippen MR) is 67.5 cm³/mol. The van der Waals surface area contributed by atoms with Crippen molar-refractivity contribution in [1.82, 2.24) is 9.97 Å². The minimum Gasteiger partial charge on any atom is -0.478 e. The number of hydrogen-bond donors (Lipinski definition) is 3. The Labute approximate surface area is 106 Å². The maximum Gasteiger partial charge on any atom is 0.328 e. The standard InChI is InChI=1S/C11H9N3O3S/c15-8(16)2-1-7-3-6-18-9(7)10(17)14-11-12-4-5-13-11/h1-6H,(H,15,16)(H2,12,13,14,17)/b2-1+. The Bertz CT molecular complexity index is 586. The molecule has 2 aromatic heterocycles. The van der Waals surface area contributed by atoms with E-state index < -0.39 is 5.97 Å². The summed E-state index contributed by atoms with van der Waals surface area (Å²) < 4.78 is 0. The smallest absolute Gasteiger partial charge is 0.328 e. The number of hydrogen-bond acceptors (Lipinski definition) is 4. The molecule has 2 aromatic rings. The van der Waals surface area contributed by atoms with Crippen LogP contribution in [0.1, 0.15) is 15.2 Å². The molecule has 2 rings (SSSR count). The Morgan fingerprint density at radius 1 is 1.50 bits per heavy atom. The number of amides is 1. The number of H-pyrrole nitrogens is 1. The SMILES string of the molecule is O=C(O)/C=C/c1ccsc1C(=O)Nc1ncc[nH]1. The third-order valence-electron chi connectivity index (χ3n) is 2.04. The second-order valence-electron chi connectivity index (χ2n) is 3.27. The van der Waals surface area contributed by atoms with Crippen LogP contribution in [0.3, 0.4) is 0 Å². The first-order valence-electron chi connectivity index (χ1n) is 4.96. The van der Waals surface area contributed by atoms with Gasteiger partial charge in [0.25, 0.3) is 5.91 Å². The fraction of sp³-hybridized carbons (Fsp3) is 0. The zero-order valence-electron chi connectivity index (χ0n) is 9.08. The number of aliphatic carboxylic acids is 1. The number of nitrogens with zero attached hydrogens (tertiary/aromatic N) is 1. The minimum absolute atomic E-state index is 0.329. The molecule has 0 saturated heterocycles. The molecule has 0 aromatic carbocycles. The zero-order valence-corrected chi connectivity index (χ0v) is 9.90. The molecule has 2 heterocycles. The third kappa shape index (κ3) is 2.83. The summed E-state index contributed by atoms with van der Waals surface area (Å²) in [6, 6.07) is 1.68. The number of aromatic nitrogens is 2. The summed E-state index contributed by atoms with van der Waals surface area (Å²) in [7, 11) is 0. The molecule has 0 aliphatic carbocycles. The van der Waals surface area contributed by atoms with Crippen LogP contribution in [-0.2, 0) is 4.79 Å². The highest BCUT2D eigenvalue weighted by molar-refractivity contribution is 7.12. The van der Waals surface area contributed by atoms with Gasteiger partial charge in [-0.1, -0.05) is 0 Å². The number of carboxylic acid groups (broad SMARTS) is 1. The predicted octanol–water partition coefficient (Wildman–Crippen LogP) is 1.82. The topological polar surface area (TPSA) is 95.1 Å². The first-order valence-corrected chi connectivity index (χ1v) is 5.84. The largest absolute Gasteiger partial charge is 0.478 e. The molecule has 6 nitrogen and oxygen atoms in total. The van der Waals surface area contributed by atoms with E-state index in [-0.39, 0.29) is 5.91 Å². The molecule has 0 spiro atoms. The van der Waals surface area contributed by atoms with Gasteiger partial charge in [0.2, 0.25) is 5.95 Å². The van der Waals surface area contributed by atoms with Crippen LogP contribution >= 0.6 is 11.3 Å². The summed E-state index contributed by atoms with van der Waals surface area (Å²) in [4.78, 5) is 29.4. The van der Waals surface area contributed by atoms with E-state index in [0.29, 0.717) is 16.4 Å². The number of aromatic amines is 1. The van der Waals surface area contributed by atoms with Crippen LogP contribution in [0.25, 0.3) is 6.08 Å². The van der Waals surface area contributed by atoms with Crippen LogP contribution < -0.4 is 5.32 Å². The molecule has 0 unspecified atom stereocenters. The van der Waals surface area contributed by atoms with Gasteiger partial charge in [0.05, 0.1) is 4.88 Å². The highest BCUT2D eigenvalue weighted by Crippen LogP contribution is 2.19. The van der Waals surface area contributed by atoms with Crippen molar-refractivity contribution in [3.8, 4) is 0 Å². The average Bonchev–Trinajstić information content (AvgIpc) is 2.96. The summed E-state index contributed by atoms with van der Waals surface area (Å²) in [5, 5.41) is 12.8. The fourth-order valence-corrected chi connectivity index (χ4v) is 2.07. The van der Waals surface area contributed by atoms with Crippen molar-refractivity contribution < 1.29 is 14.7 Å². The number of carbonyl (C=O) groups is 2. The van der Waals surface area contributed by atoms with Gasteiger partial charge >= 0.3 is 5.97 Å². The number of carbonyl (C=O) groups excluding carboxylic acids is 1. The lowest BCUT2D eigenvalue weighted by atomic mass is 10.2. The van der Waals surface area contributed by atoms with E-state index in [1.54, 1.807) is 17.6 Å². The number of carboxylic acids is 1. The van der Waals surface area contributed by atoms with Gasteiger partial charge in [-0.15, -0.1) is 11.3 Å². The van der Waals surface area contributed by atoms with Crippen molar-refractivity contribution in [2.24, 2.45) is 0 Å². The molecular formula is C11H9N3O3S. The lowest BCUT2D eigenvalue weighted by Gasteiger charge is -2.00. The summed E-state index contributed by atoms with van der Waals surface area (Å²) in [6.45, 7) is 0. The van der Waals surface area contributed by atoms with E-state index in [2.05, 4.69) is 15.3 Å². The lowest BCUT2D eigenvalue weighted by Crippen LogP contribution is -2.12. The summed E-state index contributed by atoms with van der Waals surface area (Å²) in [6.07, 6.45) is 5.49. The third-order valence-corrected chi connectivity index (χ3v) is 2.97. The Balaban J connectivity index is 2.16. The molecular weight excluding hydrogens is 254 g/mol. The normalized spacial score (nSPS) is 10.7. The van der Waals surface area contributed by atoms with Crippen LogP contribution in [0.2, 0.25) is 0 Å². The molecule has 0 bridgehead atoms. The average molecular weight is 263 g/mol. The highest BCUT2D eigenvalue weighted by atomic mass is 32.1. The van der Waals surface area contributed by atoms with Crippen molar-refractivity contribution in [1.29, 1.82) is 0 Å². The molecule has 0 aliphatic heterocycles. The fourth-order valence-electron chi connectivity index (χ4n) is 1.29. The summed E-state index contributed by atoms with van der Waals surface area (Å²) in [5.41, 5.74) is 0.562. The van der Waals surface area contributed by atoms with Gasteiger partial charge < -0.3 is 10.1 Å².